The lowest BCUT2D eigenvalue weighted by atomic mass is 10.2. The Bertz CT molecular complexity index is 974. The van der Waals surface area contributed by atoms with E-state index < -0.39 is 16.7 Å². The third kappa shape index (κ3) is 4.80. The molecular formula is C18H22N4O7. The first-order valence-corrected chi connectivity index (χ1v) is 9.30. The van der Waals surface area contributed by atoms with Gasteiger partial charge in [0.2, 0.25) is 11.8 Å². The van der Waals surface area contributed by atoms with Crippen LogP contribution in [0, 0.1) is 10.1 Å². The number of carbonyl (C=O) groups is 2. The Morgan fingerprint density at radius 2 is 2.03 bits per heavy atom. The number of oxazole rings is 1. The van der Waals surface area contributed by atoms with Gasteiger partial charge in [0.05, 0.1) is 29.7 Å². The lowest BCUT2D eigenvalue weighted by Gasteiger charge is -2.29. The van der Waals surface area contributed by atoms with E-state index in [-0.39, 0.29) is 36.1 Å². The number of ether oxygens (including phenoxy) is 1. The molecule has 0 aliphatic carbocycles. The fraction of sp³-hybridized carbons (Fsp3) is 0.500. The Kier molecular flexibility index (Phi) is 6.27. The van der Waals surface area contributed by atoms with Gasteiger partial charge in [0.25, 0.3) is 5.69 Å². The number of benzene rings is 1. The van der Waals surface area contributed by atoms with Crippen LogP contribution in [0.25, 0.3) is 11.1 Å². The molecule has 0 spiro atoms. The minimum Gasteiger partial charge on any atom is -0.407 e. The topological polar surface area (TPSA) is 137 Å². The van der Waals surface area contributed by atoms with Gasteiger partial charge in [0.15, 0.2) is 5.58 Å². The van der Waals surface area contributed by atoms with Gasteiger partial charge in [-0.1, -0.05) is 0 Å². The molecule has 3 rings (SSSR count). The van der Waals surface area contributed by atoms with Crippen LogP contribution in [0.1, 0.15) is 19.8 Å². The van der Waals surface area contributed by atoms with E-state index in [9.17, 15) is 24.5 Å². The van der Waals surface area contributed by atoms with Crippen LogP contribution in [-0.2, 0) is 20.9 Å². The van der Waals surface area contributed by atoms with Gasteiger partial charge in [-0.05, 0) is 19.4 Å². The van der Waals surface area contributed by atoms with Crippen molar-refractivity contribution < 1.29 is 23.7 Å². The molecule has 0 radical (unpaired) electrons. The van der Waals surface area contributed by atoms with E-state index in [1.807, 2.05) is 0 Å². The van der Waals surface area contributed by atoms with Crippen LogP contribution in [0.4, 0.5) is 5.69 Å². The average Bonchev–Trinajstić information content (AvgIpc) is 3.02. The largest absolute Gasteiger partial charge is 0.419 e. The van der Waals surface area contributed by atoms with Gasteiger partial charge >= 0.3 is 5.76 Å². The van der Waals surface area contributed by atoms with Crippen LogP contribution in [0.15, 0.2) is 27.4 Å². The zero-order chi connectivity index (χ0) is 21.0. The molecule has 1 atom stereocenters. The van der Waals surface area contributed by atoms with Crippen LogP contribution < -0.4 is 11.1 Å². The number of nitrogens with zero attached hydrogens (tertiary/aromatic N) is 3. The Hall–Kier alpha value is -3.21. The highest BCUT2D eigenvalue weighted by Gasteiger charge is 2.23. The molecule has 1 saturated heterocycles. The third-order valence-corrected chi connectivity index (χ3v) is 4.72. The van der Waals surface area contributed by atoms with Crippen LogP contribution in [0.5, 0.6) is 0 Å². The summed E-state index contributed by atoms with van der Waals surface area (Å²) >= 11 is 0. The maximum absolute atomic E-state index is 12.3. The average molecular weight is 406 g/mol. The first-order chi connectivity index (χ1) is 13.9. The summed E-state index contributed by atoms with van der Waals surface area (Å²) in [5.41, 5.74) is 0.381. The van der Waals surface area contributed by atoms with Crippen molar-refractivity contribution >= 4 is 28.6 Å². The molecule has 29 heavy (non-hydrogen) atoms. The minimum absolute atomic E-state index is 0.118. The number of nitro groups is 1. The first kappa shape index (κ1) is 20.5. The second kappa shape index (κ2) is 8.86. The standard InChI is InChI=1S/C18H22N4O7/c1-12(17(24)20-7-9-28-10-8-20)19-16(23)3-2-6-21-14-5-4-13(22(26)27)11-15(14)29-18(21)25/h4-5,11-12H,2-3,6-10H2,1H3,(H,19,23). The number of fused-ring (bicyclic) bond motifs is 1. The van der Waals surface area contributed by atoms with E-state index in [2.05, 4.69) is 5.32 Å². The fourth-order valence-corrected chi connectivity index (χ4v) is 3.21. The van der Waals surface area contributed by atoms with Gasteiger partial charge in [0.1, 0.15) is 6.04 Å². The van der Waals surface area contributed by atoms with E-state index in [1.165, 1.54) is 22.8 Å². The molecule has 2 amide bonds. The summed E-state index contributed by atoms with van der Waals surface area (Å²) in [6.07, 6.45) is 0.461. The molecule has 1 aliphatic heterocycles. The van der Waals surface area contributed by atoms with Crippen molar-refractivity contribution in [3.8, 4) is 0 Å². The van der Waals surface area contributed by atoms with Crippen molar-refractivity contribution in [2.75, 3.05) is 26.3 Å². The predicted molar refractivity (Wildman–Crippen MR) is 101 cm³/mol. The number of rotatable bonds is 7. The summed E-state index contributed by atoms with van der Waals surface area (Å²) in [7, 11) is 0. The molecule has 1 aromatic heterocycles. The van der Waals surface area contributed by atoms with Gasteiger partial charge in [0, 0.05) is 32.1 Å². The monoisotopic (exact) mass is 406 g/mol. The number of hydrogen-bond donors (Lipinski definition) is 1. The molecule has 1 aromatic carbocycles. The van der Waals surface area contributed by atoms with Crippen molar-refractivity contribution in [2.45, 2.75) is 32.4 Å². The van der Waals surface area contributed by atoms with E-state index in [4.69, 9.17) is 9.15 Å². The van der Waals surface area contributed by atoms with Crippen LogP contribution in [0.2, 0.25) is 0 Å². The number of carbonyl (C=O) groups excluding carboxylic acids is 2. The van der Waals surface area contributed by atoms with Gasteiger partial charge in [-0.25, -0.2) is 4.79 Å². The van der Waals surface area contributed by atoms with Crippen molar-refractivity contribution in [3.63, 3.8) is 0 Å². The highest BCUT2D eigenvalue weighted by Crippen LogP contribution is 2.20. The molecule has 0 saturated carbocycles. The summed E-state index contributed by atoms with van der Waals surface area (Å²) in [6, 6.07) is 3.29. The summed E-state index contributed by atoms with van der Waals surface area (Å²) in [5, 5.41) is 13.5. The maximum atomic E-state index is 12.3. The minimum atomic E-state index is -0.642. The number of hydrogen-bond acceptors (Lipinski definition) is 7. The quantitative estimate of drug-likeness (QED) is 0.526. The maximum Gasteiger partial charge on any atom is 0.419 e. The number of non-ortho nitro benzene ring substituents is 1. The Morgan fingerprint density at radius 1 is 1.31 bits per heavy atom. The molecule has 2 aromatic rings. The number of nitrogens with one attached hydrogen (secondary N) is 1. The predicted octanol–water partition coefficient (Wildman–Crippen LogP) is 0.646. The summed E-state index contributed by atoms with van der Waals surface area (Å²) in [4.78, 5) is 48.4. The lowest BCUT2D eigenvalue weighted by molar-refractivity contribution is -0.384. The molecule has 1 N–H and O–H groups in total. The van der Waals surface area contributed by atoms with Gasteiger partial charge in [-0.3, -0.25) is 24.3 Å². The lowest BCUT2D eigenvalue weighted by Crippen LogP contribution is -2.50. The van der Waals surface area contributed by atoms with E-state index >= 15 is 0 Å². The van der Waals surface area contributed by atoms with E-state index in [1.54, 1.807) is 11.8 Å². The van der Waals surface area contributed by atoms with Crippen LogP contribution in [-0.4, -0.2) is 58.5 Å². The van der Waals surface area contributed by atoms with Crippen LogP contribution in [0.3, 0.4) is 0 Å². The van der Waals surface area contributed by atoms with Crippen molar-refractivity contribution in [1.29, 1.82) is 0 Å². The molecule has 11 nitrogen and oxygen atoms in total. The fourth-order valence-electron chi connectivity index (χ4n) is 3.21. The SMILES string of the molecule is CC(NC(=O)CCCn1c(=O)oc2cc([N+](=O)[O-])ccc21)C(=O)N1CCOCC1. The zero-order valence-corrected chi connectivity index (χ0v) is 16.0. The molecule has 11 heteroatoms. The summed E-state index contributed by atoms with van der Waals surface area (Å²) < 4.78 is 11.6. The number of nitro benzene ring substituents is 1. The number of aryl methyl sites for hydroxylation is 1. The molecule has 156 valence electrons. The second-order valence-corrected chi connectivity index (χ2v) is 6.76. The molecule has 1 fully saturated rings. The highest BCUT2D eigenvalue weighted by atomic mass is 16.6. The first-order valence-electron chi connectivity index (χ1n) is 9.30. The number of morpholine rings is 1. The molecular weight excluding hydrogens is 384 g/mol. The number of aromatic nitrogens is 1. The van der Waals surface area contributed by atoms with Crippen molar-refractivity contribution in [2.24, 2.45) is 0 Å². The zero-order valence-electron chi connectivity index (χ0n) is 16.0. The second-order valence-electron chi connectivity index (χ2n) is 6.76. The smallest absolute Gasteiger partial charge is 0.407 e. The molecule has 0 bridgehead atoms. The molecule has 2 heterocycles. The normalized spacial score (nSPS) is 15.3. The van der Waals surface area contributed by atoms with Crippen molar-refractivity contribution in [1.82, 2.24) is 14.8 Å². The van der Waals surface area contributed by atoms with Crippen LogP contribution >= 0.6 is 0 Å². The Morgan fingerprint density at radius 3 is 2.72 bits per heavy atom. The van der Waals surface area contributed by atoms with Crippen molar-refractivity contribution in [3.05, 3.63) is 38.9 Å². The third-order valence-electron chi connectivity index (χ3n) is 4.72. The molecule has 1 aliphatic rings. The summed E-state index contributed by atoms with van der Waals surface area (Å²) in [6.45, 7) is 3.84. The highest BCUT2D eigenvalue weighted by molar-refractivity contribution is 5.87. The van der Waals surface area contributed by atoms with Gasteiger partial charge in [-0.15, -0.1) is 0 Å². The van der Waals surface area contributed by atoms with Gasteiger partial charge < -0.3 is 19.4 Å². The van der Waals surface area contributed by atoms with E-state index in [0.717, 1.165) is 0 Å². The van der Waals surface area contributed by atoms with E-state index in [0.29, 0.717) is 38.2 Å². The molecule has 1 unspecified atom stereocenters. The van der Waals surface area contributed by atoms with Gasteiger partial charge in [-0.2, -0.15) is 0 Å². The Labute approximate surface area is 165 Å². The Balaban J connectivity index is 1.53. The summed E-state index contributed by atoms with van der Waals surface area (Å²) in [5.74, 6) is -1.09. The number of amides is 2.